The van der Waals surface area contributed by atoms with E-state index in [1.165, 1.54) is 0 Å². The molecule has 3 aromatic carbocycles. The Balaban J connectivity index is 1.49. The van der Waals surface area contributed by atoms with E-state index in [9.17, 15) is 13.6 Å². The van der Waals surface area contributed by atoms with Crippen LogP contribution in [-0.4, -0.2) is 17.5 Å². The van der Waals surface area contributed by atoms with Crippen LogP contribution in [0.2, 0.25) is 5.02 Å². The number of ether oxygens (including phenoxy) is 1. The number of carbonyl (C=O) groups is 1. The minimum atomic E-state index is -1.06. The molecular formula is C25H21ClF2N2O3. The van der Waals surface area contributed by atoms with E-state index in [4.69, 9.17) is 20.8 Å². The van der Waals surface area contributed by atoms with Gasteiger partial charge < -0.3 is 14.5 Å². The van der Waals surface area contributed by atoms with Crippen molar-refractivity contribution in [2.24, 2.45) is 0 Å². The molecule has 0 fully saturated rings. The van der Waals surface area contributed by atoms with E-state index in [0.717, 1.165) is 23.3 Å². The number of carbonyl (C=O) groups excluding carboxylic acids is 1. The van der Waals surface area contributed by atoms with Gasteiger partial charge >= 0.3 is 0 Å². The number of rotatable bonds is 6. The summed E-state index contributed by atoms with van der Waals surface area (Å²) in [6, 6.07) is 12.6. The standard InChI is InChI=1S/C25H21ClF2N2O3/c1-13(2)16-6-4-14(3)8-23(16)32-12-24(31)29-15-5-7-22-21(9-15)30-25(33-22)17-10-19(27)20(28)11-18(17)26/h4-11,13H,12H2,1-3H3,(H,29,31). The van der Waals surface area contributed by atoms with E-state index < -0.39 is 11.6 Å². The van der Waals surface area contributed by atoms with Gasteiger partial charge in [0, 0.05) is 5.69 Å². The molecule has 0 radical (unpaired) electrons. The largest absolute Gasteiger partial charge is 0.483 e. The number of aromatic nitrogens is 1. The third-order valence-electron chi connectivity index (χ3n) is 5.06. The summed E-state index contributed by atoms with van der Waals surface area (Å²) < 4.78 is 38.4. The normalized spacial score (nSPS) is 11.2. The highest BCUT2D eigenvalue weighted by Gasteiger charge is 2.16. The Kier molecular flexibility index (Phi) is 6.33. The summed E-state index contributed by atoms with van der Waals surface area (Å²) in [6.07, 6.45) is 0. The first-order chi connectivity index (χ1) is 15.7. The number of aryl methyl sites for hydroxylation is 1. The molecule has 0 aliphatic rings. The molecule has 0 aliphatic heterocycles. The first-order valence-corrected chi connectivity index (χ1v) is 10.7. The van der Waals surface area contributed by atoms with Crippen molar-refractivity contribution < 1.29 is 22.7 Å². The molecule has 0 saturated heterocycles. The fourth-order valence-corrected chi connectivity index (χ4v) is 3.62. The number of benzene rings is 3. The molecule has 33 heavy (non-hydrogen) atoms. The zero-order chi connectivity index (χ0) is 23.7. The van der Waals surface area contributed by atoms with Crippen molar-refractivity contribution >= 4 is 34.3 Å². The van der Waals surface area contributed by atoms with Crippen molar-refractivity contribution in [3.05, 3.63) is 76.3 Å². The van der Waals surface area contributed by atoms with Crippen molar-refractivity contribution in [2.45, 2.75) is 26.7 Å². The van der Waals surface area contributed by atoms with Gasteiger partial charge in [-0.05, 0) is 60.4 Å². The van der Waals surface area contributed by atoms with Crippen LogP contribution in [0.5, 0.6) is 5.75 Å². The molecule has 1 N–H and O–H groups in total. The quantitative estimate of drug-likeness (QED) is 0.312. The van der Waals surface area contributed by atoms with Crippen LogP contribution in [0.1, 0.15) is 30.9 Å². The Hall–Kier alpha value is -3.45. The third-order valence-corrected chi connectivity index (χ3v) is 5.37. The number of hydrogen-bond acceptors (Lipinski definition) is 4. The molecule has 0 unspecified atom stereocenters. The van der Waals surface area contributed by atoms with Crippen molar-refractivity contribution in [2.75, 3.05) is 11.9 Å². The van der Waals surface area contributed by atoms with E-state index in [1.54, 1.807) is 18.2 Å². The van der Waals surface area contributed by atoms with Gasteiger partial charge in [0.2, 0.25) is 5.89 Å². The number of fused-ring (bicyclic) bond motifs is 1. The zero-order valence-electron chi connectivity index (χ0n) is 18.2. The molecule has 1 amide bonds. The van der Waals surface area contributed by atoms with Crippen molar-refractivity contribution in [3.8, 4) is 17.2 Å². The van der Waals surface area contributed by atoms with Gasteiger partial charge in [-0.25, -0.2) is 13.8 Å². The van der Waals surface area contributed by atoms with Crippen LogP contribution < -0.4 is 10.1 Å². The molecule has 0 bridgehead atoms. The molecule has 0 atom stereocenters. The van der Waals surface area contributed by atoms with Gasteiger partial charge in [-0.3, -0.25) is 4.79 Å². The predicted octanol–water partition coefficient (Wildman–Crippen LogP) is 6.88. The molecule has 4 aromatic rings. The Morgan fingerprint density at radius 3 is 2.64 bits per heavy atom. The first kappa shape index (κ1) is 22.7. The Bertz CT molecular complexity index is 1350. The van der Waals surface area contributed by atoms with Crippen molar-refractivity contribution in [1.29, 1.82) is 0 Å². The summed E-state index contributed by atoms with van der Waals surface area (Å²) in [4.78, 5) is 16.7. The monoisotopic (exact) mass is 470 g/mol. The van der Waals surface area contributed by atoms with E-state index in [-0.39, 0.29) is 34.9 Å². The van der Waals surface area contributed by atoms with Crippen LogP contribution in [-0.2, 0) is 4.79 Å². The maximum atomic E-state index is 13.6. The Morgan fingerprint density at radius 2 is 1.88 bits per heavy atom. The second-order valence-corrected chi connectivity index (χ2v) is 8.39. The average molecular weight is 471 g/mol. The molecular weight excluding hydrogens is 450 g/mol. The third kappa shape index (κ3) is 4.98. The lowest BCUT2D eigenvalue weighted by molar-refractivity contribution is -0.118. The molecule has 0 spiro atoms. The lowest BCUT2D eigenvalue weighted by atomic mass is 10.0. The number of nitrogens with one attached hydrogen (secondary N) is 1. The van der Waals surface area contributed by atoms with Crippen molar-refractivity contribution in [3.63, 3.8) is 0 Å². The van der Waals surface area contributed by atoms with Gasteiger partial charge in [0.1, 0.15) is 11.3 Å². The molecule has 5 nitrogen and oxygen atoms in total. The number of hydrogen-bond donors (Lipinski definition) is 1. The second-order valence-electron chi connectivity index (χ2n) is 7.98. The number of amides is 1. The summed E-state index contributed by atoms with van der Waals surface area (Å²) in [5.74, 6) is -1.47. The number of anilines is 1. The minimum Gasteiger partial charge on any atom is -0.483 e. The SMILES string of the molecule is Cc1ccc(C(C)C)c(OCC(=O)Nc2ccc3oc(-c4cc(F)c(F)cc4Cl)nc3c2)c1. The summed E-state index contributed by atoms with van der Waals surface area (Å²) in [6.45, 7) is 5.93. The van der Waals surface area contributed by atoms with Crippen molar-refractivity contribution in [1.82, 2.24) is 4.98 Å². The lowest BCUT2D eigenvalue weighted by Crippen LogP contribution is -2.20. The highest BCUT2D eigenvalue weighted by atomic mass is 35.5. The fourth-order valence-electron chi connectivity index (χ4n) is 3.39. The van der Waals surface area contributed by atoms with E-state index in [0.29, 0.717) is 22.5 Å². The minimum absolute atomic E-state index is 0.0250. The molecule has 4 rings (SSSR count). The topological polar surface area (TPSA) is 64.4 Å². The van der Waals surface area contributed by atoms with Gasteiger partial charge in [0.05, 0.1) is 10.6 Å². The van der Waals surface area contributed by atoms with Crippen LogP contribution in [0.15, 0.2) is 52.9 Å². The molecule has 1 aromatic heterocycles. The number of oxazole rings is 1. The summed E-state index contributed by atoms with van der Waals surface area (Å²) in [7, 11) is 0. The summed E-state index contributed by atoms with van der Waals surface area (Å²) in [5.41, 5.74) is 3.52. The van der Waals surface area contributed by atoms with Gasteiger partial charge in [-0.2, -0.15) is 0 Å². The highest BCUT2D eigenvalue weighted by molar-refractivity contribution is 6.33. The fraction of sp³-hybridized carbons (Fsp3) is 0.200. The number of halogens is 3. The highest BCUT2D eigenvalue weighted by Crippen LogP contribution is 2.32. The molecule has 0 saturated carbocycles. The van der Waals surface area contributed by atoms with Gasteiger partial charge in [0.15, 0.2) is 23.8 Å². The Labute approximate surface area is 194 Å². The lowest BCUT2D eigenvalue weighted by Gasteiger charge is -2.14. The molecule has 170 valence electrons. The zero-order valence-corrected chi connectivity index (χ0v) is 19.0. The van der Waals surface area contributed by atoms with Crippen LogP contribution in [0.3, 0.4) is 0 Å². The Morgan fingerprint density at radius 1 is 1.12 bits per heavy atom. The smallest absolute Gasteiger partial charge is 0.262 e. The van der Waals surface area contributed by atoms with Crippen LogP contribution >= 0.6 is 11.6 Å². The van der Waals surface area contributed by atoms with Crippen LogP contribution in [0.4, 0.5) is 14.5 Å². The van der Waals surface area contributed by atoms with Gasteiger partial charge in [-0.15, -0.1) is 0 Å². The van der Waals surface area contributed by atoms with Gasteiger partial charge in [-0.1, -0.05) is 37.6 Å². The first-order valence-electron chi connectivity index (χ1n) is 10.3. The van der Waals surface area contributed by atoms with E-state index in [2.05, 4.69) is 24.1 Å². The summed E-state index contributed by atoms with van der Waals surface area (Å²) in [5, 5.41) is 2.74. The maximum Gasteiger partial charge on any atom is 0.262 e. The predicted molar refractivity (Wildman–Crippen MR) is 124 cm³/mol. The molecule has 1 heterocycles. The number of nitrogens with zero attached hydrogens (tertiary/aromatic N) is 1. The van der Waals surface area contributed by atoms with E-state index in [1.807, 2.05) is 25.1 Å². The second kappa shape index (κ2) is 9.19. The molecule has 0 aliphatic carbocycles. The maximum absolute atomic E-state index is 13.6. The average Bonchev–Trinajstić information content (AvgIpc) is 3.17. The summed E-state index contributed by atoms with van der Waals surface area (Å²) >= 11 is 6.01. The van der Waals surface area contributed by atoms with Crippen LogP contribution in [0.25, 0.3) is 22.6 Å². The molecule has 8 heteroatoms. The van der Waals surface area contributed by atoms with Crippen LogP contribution in [0, 0.1) is 18.6 Å². The van der Waals surface area contributed by atoms with Gasteiger partial charge in [0.25, 0.3) is 5.91 Å². The van der Waals surface area contributed by atoms with E-state index >= 15 is 0 Å².